The summed E-state index contributed by atoms with van der Waals surface area (Å²) in [5.41, 5.74) is 4.85. The highest BCUT2D eigenvalue weighted by molar-refractivity contribution is 6.41. The van der Waals surface area contributed by atoms with Gasteiger partial charge >= 0.3 is 0 Å². The van der Waals surface area contributed by atoms with Crippen molar-refractivity contribution < 1.29 is 0 Å². The van der Waals surface area contributed by atoms with Crippen LogP contribution in [0.15, 0.2) is 41.6 Å². The molecule has 1 heterocycles. The zero-order valence-electron chi connectivity index (χ0n) is 9.99. The summed E-state index contributed by atoms with van der Waals surface area (Å²) in [5, 5.41) is 5.51. The van der Waals surface area contributed by atoms with Gasteiger partial charge in [0.15, 0.2) is 0 Å². The van der Waals surface area contributed by atoms with Crippen molar-refractivity contribution >= 4 is 46.2 Å². The molecule has 1 N–H and O–H groups in total. The molecule has 19 heavy (non-hydrogen) atoms. The maximum absolute atomic E-state index is 6.05. The molecule has 6 heteroatoms. The molecule has 0 fully saturated rings. The fourth-order valence-corrected chi connectivity index (χ4v) is 2.32. The van der Waals surface area contributed by atoms with E-state index in [0.717, 1.165) is 11.4 Å². The summed E-state index contributed by atoms with van der Waals surface area (Å²) in [5.74, 6) is 0. The molecule has 0 radical (unpaired) electrons. The van der Waals surface area contributed by atoms with Crippen LogP contribution in [0.1, 0.15) is 12.6 Å². The van der Waals surface area contributed by atoms with Crippen molar-refractivity contribution in [3.05, 3.63) is 57.3 Å². The predicted molar refractivity (Wildman–Crippen MR) is 81.5 cm³/mol. The first-order valence-corrected chi connectivity index (χ1v) is 6.57. The SMILES string of the molecule is C/C(=N\Nc1c(Cl)cc(Cl)cc1Cl)c1ccccn1. The highest BCUT2D eigenvalue weighted by Gasteiger charge is 2.07. The van der Waals surface area contributed by atoms with Crippen LogP contribution < -0.4 is 5.43 Å². The van der Waals surface area contributed by atoms with Crippen molar-refractivity contribution in [1.82, 2.24) is 4.98 Å². The quantitative estimate of drug-likeness (QED) is 0.647. The van der Waals surface area contributed by atoms with E-state index in [1.165, 1.54) is 0 Å². The van der Waals surface area contributed by atoms with E-state index >= 15 is 0 Å². The molecular formula is C13H10Cl3N3. The maximum atomic E-state index is 6.05. The van der Waals surface area contributed by atoms with Crippen LogP contribution in [0.25, 0.3) is 0 Å². The number of halogens is 3. The van der Waals surface area contributed by atoms with Crippen molar-refractivity contribution in [2.45, 2.75) is 6.92 Å². The Morgan fingerprint density at radius 2 is 1.84 bits per heavy atom. The van der Waals surface area contributed by atoms with Gasteiger partial charge in [-0.3, -0.25) is 10.4 Å². The first kappa shape index (κ1) is 14.1. The molecule has 0 aliphatic heterocycles. The summed E-state index contributed by atoms with van der Waals surface area (Å²) in [6.07, 6.45) is 1.70. The molecule has 3 nitrogen and oxygen atoms in total. The number of anilines is 1. The smallest absolute Gasteiger partial charge is 0.0935 e. The van der Waals surface area contributed by atoms with Crippen molar-refractivity contribution in [2.75, 3.05) is 5.43 Å². The topological polar surface area (TPSA) is 37.3 Å². The van der Waals surface area contributed by atoms with Gasteiger partial charge < -0.3 is 0 Å². The summed E-state index contributed by atoms with van der Waals surface area (Å²) >= 11 is 17.9. The lowest BCUT2D eigenvalue weighted by atomic mass is 10.3. The third kappa shape index (κ3) is 3.60. The Labute approximate surface area is 126 Å². The molecule has 0 saturated carbocycles. The summed E-state index contributed by atoms with van der Waals surface area (Å²) in [6, 6.07) is 8.80. The third-order valence-corrected chi connectivity index (χ3v) is 3.19. The number of aromatic nitrogens is 1. The Bertz CT molecular complexity index is 589. The molecule has 0 amide bonds. The van der Waals surface area contributed by atoms with E-state index in [-0.39, 0.29) is 0 Å². The Balaban J connectivity index is 2.23. The number of pyridine rings is 1. The molecule has 98 valence electrons. The monoisotopic (exact) mass is 313 g/mol. The zero-order chi connectivity index (χ0) is 13.8. The Morgan fingerprint density at radius 1 is 1.16 bits per heavy atom. The molecule has 0 aliphatic rings. The zero-order valence-corrected chi connectivity index (χ0v) is 12.3. The minimum atomic E-state index is 0.412. The lowest BCUT2D eigenvalue weighted by Crippen LogP contribution is -2.02. The highest BCUT2D eigenvalue weighted by atomic mass is 35.5. The van der Waals surface area contributed by atoms with Gasteiger partial charge in [-0.25, -0.2) is 0 Å². The minimum Gasteiger partial charge on any atom is -0.275 e. The second kappa shape index (κ2) is 6.24. The minimum absolute atomic E-state index is 0.412. The van der Waals surface area contributed by atoms with Gasteiger partial charge in [-0.15, -0.1) is 0 Å². The van der Waals surface area contributed by atoms with E-state index in [1.54, 1.807) is 18.3 Å². The number of benzene rings is 1. The average Bonchev–Trinajstić information content (AvgIpc) is 2.38. The Hall–Kier alpha value is -1.29. The molecule has 0 atom stereocenters. The van der Waals surface area contributed by atoms with Crippen molar-refractivity contribution in [2.24, 2.45) is 5.10 Å². The van der Waals surface area contributed by atoms with Crippen LogP contribution in [0.4, 0.5) is 5.69 Å². The molecule has 0 bridgehead atoms. The number of hydrogen-bond donors (Lipinski definition) is 1. The number of rotatable bonds is 3. The molecule has 0 spiro atoms. The van der Waals surface area contributed by atoms with Crippen molar-refractivity contribution in [3.8, 4) is 0 Å². The van der Waals surface area contributed by atoms with Crippen molar-refractivity contribution in [1.29, 1.82) is 0 Å². The summed E-state index contributed by atoms with van der Waals surface area (Å²) < 4.78 is 0. The van der Waals surface area contributed by atoms with E-state index in [9.17, 15) is 0 Å². The van der Waals surface area contributed by atoms with Gasteiger partial charge in [-0.2, -0.15) is 5.10 Å². The van der Waals surface area contributed by atoms with Crippen LogP contribution in [0, 0.1) is 0 Å². The van der Waals surface area contributed by atoms with E-state index < -0.39 is 0 Å². The lowest BCUT2D eigenvalue weighted by Gasteiger charge is -2.07. The Morgan fingerprint density at radius 3 is 2.42 bits per heavy atom. The van der Waals surface area contributed by atoms with Gasteiger partial charge in [0.2, 0.25) is 0 Å². The van der Waals surface area contributed by atoms with Gasteiger partial charge in [0, 0.05) is 11.2 Å². The standard InChI is InChI=1S/C13H10Cl3N3/c1-8(12-4-2-3-5-17-12)18-19-13-10(15)6-9(14)7-11(13)16/h2-7,19H,1H3/b18-8+. The van der Waals surface area contributed by atoms with E-state index in [2.05, 4.69) is 15.5 Å². The van der Waals surface area contributed by atoms with Crippen LogP contribution in [-0.2, 0) is 0 Å². The molecule has 0 aliphatic carbocycles. The first-order chi connectivity index (χ1) is 9.08. The summed E-state index contributed by atoms with van der Waals surface area (Å²) in [4.78, 5) is 4.19. The van der Waals surface area contributed by atoms with Crippen LogP contribution in [-0.4, -0.2) is 10.7 Å². The van der Waals surface area contributed by atoms with Crippen LogP contribution >= 0.6 is 34.8 Å². The fraction of sp³-hybridized carbons (Fsp3) is 0.0769. The number of nitrogens with zero attached hydrogens (tertiary/aromatic N) is 2. The van der Waals surface area contributed by atoms with Gasteiger partial charge in [0.1, 0.15) is 0 Å². The molecule has 0 saturated heterocycles. The Kier molecular flexibility index (Phi) is 4.64. The highest BCUT2D eigenvalue weighted by Crippen LogP contribution is 2.33. The molecule has 1 aromatic carbocycles. The molecule has 1 aromatic heterocycles. The van der Waals surface area contributed by atoms with Gasteiger partial charge in [0.25, 0.3) is 0 Å². The first-order valence-electron chi connectivity index (χ1n) is 5.44. The third-order valence-electron chi connectivity index (χ3n) is 2.38. The van der Waals surface area contributed by atoms with Gasteiger partial charge in [0.05, 0.1) is 27.1 Å². The largest absolute Gasteiger partial charge is 0.275 e. The second-order valence-electron chi connectivity index (χ2n) is 3.77. The van der Waals surface area contributed by atoms with Gasteiger partial charge in [-0.05, 0) is 31.2 Å². The second-order valence-corrected chi connectivity index (χ2v) is 5.02. The lowest BCUT2D eigenvalue weighted by molar-refractivity contribution is 1.25. The normalized spacial score (nSPS) is 11.5. The number of nitrogens with one attached hydrogen (secondary N) is 1. The molecule has 0 unspecified atom stereocenters. The van der Waals surface area contributed by atoms with E-state index in [1.807, 2.05) is 25.1 Å². The fourth-order valence-electron chi connectivity index (χ4n) is 1.42. The number of hydrogen-bond acceptors (Lipinski definition) is 3. The predicted octanol–water partition coefficient (Wildman–Crippen LogP) is 4.88. The molecular weight excluding hydrogens is 305 g/mol. The maximum Gasteiger partial charge on any atom is 0.0935 e. The molecule has 2 rings (SSSR count). The van der Waals surface area contributed by atoms with Crippen molar-refractivity contribution in [3.63, 3.8) is 0 Å². The molecule has 2 aromatic rings. The van der Waals surface area contributed by atoms with Crippen LogP contribution in [0.2, 0.25) is 15.1 Å². The summed E-state index contributed by atoms with van der Waals surface area (Å²) in [6.45, 7) is 1.84. The van der Waals surface area contributed by atoms with Gasteiger partial charge in [-0.1, -0.05) is 40.9 Å². The number of hydrazone groups is 1. The average molecular weight is 315 g/mol. The summed E-state index contributed by atoms with van der Waals surface area (Å²) in [7, 11) is 0. The van der Waals surface area contributed by atoms with Crippen LogP contribution in [0.5, 0.6) is 0 Å². The van der Waals surface area contributed by atoms with E-state index in [4.69, 9.17) is 34.8 Å². The van der Waals surface area contributed by atoms with E-state index in [0.29, 0.717) is 20.8 Å². The van der Waals surface area contributed by atoms with Crippen LogP contribution in [0.3, 0.4) is 0 Å².